The zero-order chi connectivity index (χ0) is 28.3. The van der Waals surface area contributed by atoms with Gasteiger partial charge < -0.3 is 9.13 Å². The predicted octanol–water partition coefficient (Wildman–Crippen LogP) is 7.73. The van der Waals surface area contributed by atoms with Gasteiger partial charge in [0, 0.05) is 47.8 Å². The first-order valence-corrected chi connectivity index (χ1v) is 13.4. The molecule has 0 spiro atoms. The van der Waals surface area contributed by atoms with E-state index in [4.69, 9.17) is 0 Å². The maximum Gasteiger partial charge on any atom is 0.380 e. The molecule has 1 aliphatic rings. The highest BCUT2D eigenvalue weighted by atomic mass is 32.1. The van der Waals surface area contributed by atoms with Gasteiger partial charge in [-0.2, -0.15) is 26.3 Å². The van der Waals surface area contributed by atoms with Crippen LogP contribution < -0.4 is 0 Å². The highest BCUT2D eigenvalue weighted by molar-refractivity contribution is 7.10. The van der Waals surface area contributed by atoms with Crippen LogP contribution in [0, 0.1) is 37.5 Å². The van der Waals surface area contributed by atoms with Crippen LogP contribution in [0.25, 0.3) is 11.1 Å². The third kappa shape index (κ3) is 4.05. The smallest absolute Gasteiger partial charge is 0.341 e. The molecule has 0 aliphatic heterocycles. The van der Waals surface area contributed by atoms with Crippen LogP contribution >= 0.6 is 22.7 Å². The SMILES string of the molecule is Cc1c(C2=C(c3cc(C#Cc4cccs4)n(C)c3C)C(F)(F)C(F)(F)C2(F)F)cc(C#Cc2cccs2)n1C. The van der Waals surface area contributed by atoms with Crippen LogP contribution in [-0.2, 0) is 14.1 Å². The molecule has 4 aromatic rings. The lowest BCUT2D eigenvalue weighted by Gasteiger charge is -2.25. The minimum absolute atomic E-state index is 0.109. The Hall–Kier alpha value is -3.60. The number of hydrogen-bond acceptors (Lipinski definition) is 2. The van der Waals surface area contributed by atoms with Crippen molar-refractivity contribution in [2.75, 3.05) is 0 Å². The number of rotatable bonds is 2. The number of thiophene rings is 2. The summed E-state index contributed by atoms with van der Waals surface area (Å²) in [5.74, 6) is -4.51. The van der Waals surface area contributed by atoms with Crippen molar-refractivity contribution in [1.29, 1.82) is 0 Å². The fraction of sp³-hybridized carbons (Fsp3) is 0.241. The van der Waals surface area contributed by atoms with Gasteiger partial charge in [0.2, 0.25) is 0 Å². The first kappa shape index (κ1) is 27.0. The molecular weight excluding hydrogens is 554 g/mol. The van der Waals surface area contributed by atoms with Gasteiger partial charge in [0.05, 0.1) is 21.1 Å². The number of hydrogen-bond donors (Lipinski definition) is 0. The normalized spacial score (nSPS) is 17.1. The molecule has 0 amide bonds. The molecule has 0 atom stereocenters. The van der Waals surface area contributed by atoms with E-state index in [-0.39, 0.29) is 22.8 Å². The van der Waals surface area contributed by atoms with Crippen molar-refractivity contribution in [2.45, 2.75) is 31.6 Å². The van der Waals surface area contributed by atoms with Crippen molar-refractivity contribution >= 4 is 33.8 Å². The number of aromatic nitrogens is 2. The van der Waals surface area contributed by atoms with E-state index in [9.17, 15) is 8.78 Å². The predicted molar refractivity (Wildman–Crippen MR) is 143 cm³/mol. The molecule has 0 N–H and O–H groups in total. The molecule has 200 valence electrons. The second-order valence-electron chi connectivity index (χ2n) is 9.10. The van der Waals surface area contributed by atoms with Crippen molar-refractivity contribution in [2.24, 2.45) is 14.1 Å². The highest BCUT2D eigenvalue weighted by Gasteiger charge is 2.80. The van der Waals surface area contributed by atoms with Crippen LogP contribution in [0.5, 0.6) is 0 Å². The molecule has 10 heteroatoms. The van der Waals surface area contributed by atoms with E-state index in [1.807, 2.05) is 10.8 Å². The molecule has 2 nitrogen and oxygen atoms in total. The molecule has 0 unspecified atom stereocenters. The van der Waals surface area contributed by atoms with Gasteiger partial charge in [-0.1, -0.05) is 12.1 Å². The monoisotopic (exact) mass is 574 g/mol. The van der Waals surface area contributed by atoms with Gasteiger partial charge in [-0.05, 0) is 72.6 Å². The standard InChI is InChI=1S/C29H20F6N2S2/c1-17-23(15-19(36(17)3)9-11-21-7-5-13-38-21)25-26(28(32,33)29(34,35)27(25,30)31)24-16-20(37(4)18(24)2)10-12-22-8-6-14-39-22/h5-8,13-16H,1-4H3. The topological polar surface area (TPSA) is 9.86 Å². The summed E-state index contributed by atoms with van der Waals surface area (Å²) in [5, 5.41) is 3.63. The van der Waals surface area contributed by atoms with E-state index in [1.54, 1.807) is 24.3 Å². The summed E-state index contributed by atoms with van der Waals surface area (Å²) in [6.07, 6.45) is 0. The Bertz CT molecular complexity index is 1600. The van der Waals surface area contributed by atoms with Gasteiger partial charge in [0.25, 0.3) is 0 Å². The maximum absolute atomic E-state index is 15.4. The quantitative estimate of drug-likeness (QED) is 0.171. The number of halogens is 6. The van der Waals surface area contributed by atoms with Crippen molar-refractivity contribution in [3.8, 4) is 23.7 Å². The number of nitrogens with zero attached hydrogens (tertiary/aromatic N) is 2. The van der Waals surface area contributed by atoms with Crippen LogP contribution in [0.4, 0.5) is 26.3 Å². The molecule has 4 aromatic heterocycles. The summed E-state index contributed by atoms with van der Waals surface area (Å²) in [5.41, 5.74) is -2.94. The van der Waals surface area contributed by atoms with E-state index in [0.29, 0.717) is 9.75 Å². The third-order valence-corrected chi connectivity index (χ3v) is 8.52. The largest absolute Gasteiger partial charge is 0.380 e. The van der Waals surface area contributed by atoms with E-state index in [1.165, 1.54) is 71.9 Å². The minimum atomic E-state index is -5.65. The second kappa shape index (κ2) is 9.25. The summed E-state index contributed by atoms with van der Waals surface area (Å²) >= 11 is 2.73. The van der Waals surface area contributed by atoms with Gasteiger partial charge >= 0.3 is 17.8 Å². The first-order valence-electron chi connectivity index (χ1n) is 11.6. The summed E-state index contributed by atoms with van der Waals surface area (Å²) in [7, 11) is 3.04. The van der Waals surface area contributed by atoms with Crippen LogP contribution in [0.3, 0.4) is 0 Å². The minimum Gasteiger partial charge on any atom is -0.341 e. The maximum atomic E-state index is 15.4. The lowest BCUT2D eigenvalue weighted by Crippen LogP contribution is -2.49. The second-order valence-corrected chi connectivity index (χ2v) is 11.0. The summed E-state index contributed by atoms with van der Waals surface area (Å²) in [6.45, 7) is 2.83. The van der Waals surface area contributed by atoms with Crippen LogP contribution in [-0.4, -0.2) is 26.9 Å². The van der Waals surface area contributed by atoms with Crippen LogP contribution in [0.1, 0.15) is 43.7 Å². The third-order valence-electron chi connectivity index (χ3n) is 6.95. The van der Waals surface area contributed by atoms with E-state index in [0.717, 1.165) is 0 Å². The Kier molecular flexibility index (Phi) is 6.40. The van der Waals surface area contributed by atoms with Gasteiger partial charge in [-0.15, -0.1) is 22.7 Å². The first-order chi connectivity index (χ1) is 18.3. The van der Waals surface area contributed by atoms with Crippen molar-refractivity contribution in [3.63, 3.8) is 0 Å². The molecule has 0 radical (unpaired) electrons. The highest BCUT2D eigenvalue weighted by Crippen LogP contribution is 2.65. The summed E-state index contributed by atoms with van der Waals surface area (Å²) < 4.78 is 94.4. The lowest BCUT2D eigenvalue weighted by atomic mass is 9.95. The van der Waals surface area contributed by atoms with E-state index >= 15 is 17.6 Å². The van der Waals surface area contributed by atoms with E-state index < -0.39 is 40.0 Å². The van der Waals surface area contributed by atoms with E-state index in [2.05, 4.69) is 23.7 Å². The molecule has 0 aromatic carbocycles. The van der Waals surface area contributed by atoms with Crippen molar-refractivity contribution in [3.05, 3.63) is 90.8 Å². The fourth-order valence-corrected chi connectivity index (χ4v) is 5.67. The van der Waals surface area contributed by atoms with Gasteiger partial charge in [0.15, 0.2) is 0 Å². The van der Waals surface area contributed by atoms with Gasteiger partial charge in [-0.3, -0.25) is 0 Å². The molecule has 0 saturated heterocycles. The number of alkyl halides is 6. The summed E-state index contributed by atoms with van der Waals surface area (Å²) in [6, 6.07) is 9.45. The number of allylic oxidation sites excluding steroid dienone is 2. The molecule has 0 saturated carbocycles. The average molecular weight is 575 g/mol. The molecule has 1 aliphatic carbocycles. The molecule has 0 bridgehead atoms. The summed E-state index contributed by atoms with van der Waals surface area (Å²) in [4.78, 5) is 1.41. The van der Waals surface area contributed by atoms with Crippen molar-refractivity contribution < 1.29 is 26.3 Å². The molecular formula is C29H20F6N2S2. The Labute approximate surface area is 229 Å². The Balaban J connectivity index is 1.75. The van der Waals surface area contributed by atoms with Gasteiger partial charge in [-0.25, -0.2) is 0 Å². The van der Waals surface area contributed by atoms with Crippen LogP contribution in [0.2, 0.25) is 0 Å². The molecule has 5 rings (SSSR count). The molecule has 4 heterocycles. The zero-order valence-electron chi connectivity index (χ0n) is 21.1. The van der Waals surface area contributed by atoms with Crippen LogP contribution in [0.15, 0.2) is 47.2 Å². The zero-order valence-corrected chi connectivity index (χ0v) is 22.7. The lowest BCUT2D eigenvalue weighted by molar-refractivity contribution is -0.254. The Morgan fingerprint density at radius 3 is 1.36 bits per heavy atom. The fourth-order valence-electron chi connectivity index (χ4n) is 4.53. The Morgan fingerprint density at radius 2 is 1.03 bits per heavy atom. The Morgan fingerprint density at radius 1 is 0.641 bits per heavy atom. The van der Waals surface area contributed by atoms with Gasteiger partial charge in [0.1, 0.15) is 0 Å². The average Bonchev–Trinajstić information content (AvgIpc) is 3.69. The molecule has 39 heavy (non-hydrogen) atoms. The molecule has 0 fully saturated rings. The van der Waals surface area contributed by atoms with Crippen molar-refractivity contribution in [1.82, 2.24) is 9.13 Å².